The minimum absolute atomic E-state index is 0.108. The van der Waals surface area contributed by atoms with E-state index in [4.69, 9.17) is 16.7 Å². The number of allylic oxidation sites excluding steroid dienone is 1. The van der Waals surface area contributed by atoms with Crippen LogP contribution in [0.5, 0.6) is 0 Å². The maximum Gasteiger partial charge on any atom is 0.303 e. The van der Waals surface area contributed by atoms with Crippen LogP contribution in [-0.2, 0) is 14.6 Å². The molecule has 96 valence electrons. The largest absolute Gasteiger partial charge is 0.481 e. The minimum Gasteiger partial charge on any atom is -0.481 e. The van der Waals surface area contributed by atoms with Crippen molar-refractivity contribution in [3.05, 3.63) is 34.2 Å². The molecule has 0 fully saturated rings. The summed E-state index contributed by atoms with van der Waals surface area (Å²) in [6.07, 6.45) is -0.108. The SMILES string of the molecule is CC(CC(=O)O)C1=CS(=O)(=O)c2cc(Cl)ccc21. The molecule has 1 unspecified atom stereocenters. The lowest BCUT2D eigenvalue weighted by Gasteiger charge is -2.11. The molecular weight excluding hydrogens is 276 g/mol. The lowest BCUT2D eigenvalue weighted by molar-refractivity contribution is -0.137. The molecule has 0 saturated heterocycles. The number of hydrogen-bond acceptors (Lipinski definition) is 3. The minimum atomic E-state index is -3.50. The Hall–Kier alpha value is -1.33. The predicted molar refractivity (Wildman–Crippen MR) is 68.0 cm³/mol. The molecule has 1 atom stereocenters. The van der Waals surface area contributed by atoms with Crippen molar-refractivity contribution in [1.82, 2.24) is 0 Å². The van der Waals surface area contributed by atoms with E-state index in [0.717, 1.165) is 5.41 Å². The smallest absolute Gasteiger partial charge is 0.303 e. The monoisotopic (exact) mass is 286 g/mol. The van der Waals surface area contributed by atoms with Gasteiger partial charge in [-0.05, 0) is 29.2 Å². The van der Waals surface area contributed by atoms with Crippen molar-refractivity contribution in [3.8, 4) is 0 Å². The lowest BCUT2D eigenvalue weighted by atomic mass is 9.93. The number of carboxylic acids is 1. The molecule has 0 aromatic heterocycles. The third kappa shape index (κ3) is 2.28. The van der Waals surface area contributed by atoms with Crippen LogP contribution in [0, 0.1) is 5.92 Å². The van der Waals surface area contributed by atoms with Gasteiger partial charge in [-0.1, -0.05) is 24.6 Å². The zero-order chi connectivity index (χ0) is 13.5. The van der Waals surface area contributed by atoms with Gasteiger partial charge in [-0.2, -0.15) is 0 Å². The van der Waals surface area contributed by atoms with Crippen LogP contribution in [0.4, 0.5) is 0 Å². The van der Waals surface area contributed by atoms with Crippen LogP contribution in [0.25, 0.3) is 5.57 Å². The summed E-state index contributed by atoms with van der Waals surface area (Å²) < 4.78 is 23.8. The van der Waals surface area contributed by atoms with Crippen LogP contribution in [0.15, 0.2) is 28.5 Å². The number of sulfone groups is 1. The van der Waals surface area contributed by atoms with E-state index in [1.165, 1.54) is 6.07 Å². The summed E-state index contributed by atoms with van der Waals surface area (Å²) >= 11 is 5.78. The molecule has 0 radical (unpaired) electrons. The van der Waals surface area contributed by atoms with Crippen molar-refractivity contribution in [1.29, 1.82) is 0 Å². The Balaban J connectivity index is 2.51. The van der Waals surface area contributed by atoms with Crippen molar-refractivity contribution in [2.24, 2.45) is 5.92 Å². The van der Waals surface area contributed by atoms with Gasteiger partial charge in [0, 0.05) is 10.4 Å². The van der Waals surface area contributed by atoms with Crippen molar-refractivity contribution in [3.63, 3.8) is 0 Å². The highest BCUT2D eigenvalue weighted by Gasteiger charge is 2.30. The van der Waals surface area contributed by atoms with Gasteiger partial charge in [0.1, 0.15) is 0 Å². The van der Waals surface area contributed by atoms with Gasteiger partial charge in [0.15, 0.2) is 0 Å². The van der Waals surface area contributed by atoms with E-state index in [1.807, 2.05) is 0 Å². The maximum atomic E-state index is 11.9. The van der Waals surface area contributed by atoms with Crippen LogP contribution in [-0.4, -0.2) is 19.5 Å². The Labute approximate surface area is 110 Å². The standard InChI is InChI=1S/C12H11ClO4S/c1-7(4-12(14)15)10-6-18(16,17)11-5-8(13)2-3-9(10)11/h2-3,5-7H,4H2,1H3,(H,14,15). The number of benzene rings is 1. The van der Waals surface area contributed by atoms with Crippen LogP contribution >= 0.6 is 11.6 Å². The van der Waals surface area contributed by atoms with Gasteiger partial charge in [-0.15, -0.1) is 0 Å². The molecule has 18 heavy (non-hydrogen) atoms. The summed E-state index contributed by atoms with van der Waals surface area (Å²) in [6, 6.07) is 4.61. The fraction of sp³-hybridized carbons (Fsp3) is 0.250. The Morgan fingerprint density at radius 1 is 1.44 bits per heavy atom. The summed E-state index contributed by atoms with van der Waals surface area (Å²) in [4.78, 5) is 10.9. The second-order valence-electron chi connectivity index (χ2n) is 4.26. The van der Waals surface area contributed by atoms with Gasteiger partial charge in [0.05, 0.1) is 11.3 Å². The highest BCUT2D eigenvalue weighted by Crippen LogP contribution is 2.39. The molecule has 4 nitrogen and oxygen atoms in total. The van der Waals surface area contributed by atoms with Gasteiger partial charge >= 0.3 is 5.97 Å². The Morgan fingerprint density at radius 2 is 2.11 bits per heavy atom. The molecule has 1 heterocycles. The van der Waals surface area contributed by atoms with E-state index in [2.05, 4.69) is 0 Å². The van der Waals surface area contributed by atoms with Gasteiger partial charge < -0.3 is 5.11 Å². The maximum absolute atomic E-state index is 11.9. The van der Waals surface area contributed by atoms with E-state index in [1.54, 1.807) is 19.1 Å². The van der Waals surface area contributed by atoms with Gasteiger partial charge in [-0.25, -0.2) is 8.42 Å². The molecule has 2 rings (SSSR count). The molecule has 0 saturated carbocycles. The second kappa shape index (κ2) is 4.40. The fourth-order valence-corrected chi connectivity index (χ4v) is 3.86. The molecule has 1 aliphatic heterocycles. The molecule has 1 N–H and O–H groups in total. The molecule has 1 aliphatic rings. The molecule has 6 heteroatoms. The number of carboxylic acid groups (broad SMARTS) is 1. The third-order valence-corrected chi connectivity index (χ3v) is 4.61. The van der Waals surface area contributed by atoms with Gasteiger partial charge in [-0.3, -0.25) is 4.79 Å². The van der Waals surface area contributed by atoms with Gasteiger partial charge in [0.2, 0.25) is 9.84 Å². The Morgan fingerprint density at radius 3 is 2.72 bits per heavy atom. The normalized spacial score (nSPS) is 18.0. The molecular formula is C12H11ClO4S. The summed E-state index contributed by atoms with van der Waals surface area (Å²) in [5.74, 6) is -1.32. The first-order valence-electron chi connectivity index (χ1n) is 5.29. The Kier molecular flexibility index (Phi) is 3.21. The highest BCUT2D eigenvalue weighted by atomic mass is 35.5. The van der Waals surface area contributed by atoms with E-state index in [9.17, 15) is 13.2 Å². The van der Waals surface area contributed by atoms with Crippen LogP contribution < -0.4 is 0 Å². The molecule has 0 amide bonds. The molecule has 0 aliphatic carbocycles. The van der Waals surface area contributed by atoms with E-state index in [0.29, 0.717) is 16.2 Å². The first kappa shape index (κ1) is 13.1. The summed E-state index contributed by atoms with van der Waals surface area (Å²) in [6.45, 7) is 1.69. The number of hydrogen-bond donors (Lipinski definition) is 1. The molecule has 1 aromatic rings. The highest BCUT2D eigenvalue weighted by molar-refractivity contribution is 7.95. The second-order valence-corrected chi connectivity index (χ2v) is 6.46. The molecule has 1 aromatic carbocycles. The van der Waals surface area contributed by atoms with Crippen molar-refractivity contribution in [2.75, 3.05) is 0 Å². The summed E-state index contributed by atoms with van der Waals surface area (Å²) in [5, 5.41) is 10.3. The molecule has 0 spiro atoms. The van der Waals surface area contributed by atoms with Crippen molar-refractivity contribution >= 4 is 33.0 Å². The first-order chi connectivity index (χ1) is 8.31. The average Bonchev–Trinajstić information content (AvgIpc) is 2.50. The fourth-order valence-electron chi connectivity index (χ4n) is 2.02. The van der Waals surface area contributed by atoms with Crippen LogP contribution in [0.2, 0.25) is 5.02 Å². The third-order valence-electron chi connectivity index (χ3n) is 2.86. The number of halogens is 1. The van der Waals surface area contributed by atoms with E-state index in [-0.39, 0.29) is 17.2 Å². The van der Waals surface area contributed by atoms with Crippen LogP contribution in [0.1, 0.15) is 18.9 Å². The quantitative estimate of drug-likeness (QED) is 0.927. The van der Waals surface area contributed by atoms with Crippen LogP contribution in [0.3, 0.4) is 0 Å². The van der Waals surface area contributed by atoms with Crippen molar-refractivity contribution < 1.29 is 18.3 Å². The zero-order valence-corrected chi connectivity index (χ0v) is 11.1. The predicted octanol–water partition coefficient (Wildman–Crippen LogP) is 2.58. The Bertz CT molecular complexity index is 646. The van der Waals surface area contributed by atoms with Gasteiger partial charge in [0.25, 0.3) is 0 Å². The van der Waals surface area contributed by atoms with E-state index < -0.39 is 15.8 Å². The topological polar surface area (TPSA) is 71.4 Å². The number of carbonyl (C=O) groups is 1. The van der Waals surface area contributed by atoms with E-state index >= 15 is 0 Å². The number of aliphatic carboxylic acids is 1. The average molecular weight is 287 g/mol. The molecule has 0 bridgehead atoms. The summed E-state index contributed by atoms with van der Waals surface area (Å²) in [5.41, 5.74) is 1.08. The number of fused-ring (bicyclic) bond motifs is 1. The first-order valence-corrected chi connectivity index (χ1v) is 7.22. The number of rotatable bonds is 3. The lowest BCUT2D eigenvalue weighted by Crippen LogP contribution is -2.05. The van der Waals surface area contributed by atoms with Crippen molar-refractivity contribution in [2.45, 2.75) is 18.2 Å². The zero-order valence-electron chi connectivity index (χ0n) is 9.55. The summed E-state index contributed by atoms with van der Waals surface area (Å²) in [7, 11) is -3.50.